The maximum absolute atomic E-state index is 11.9. The summed E-state index contributed by atoms with van der Waals surface area (Å²) in [5.41, 5.74) is 0. The molecule has 1 fully saturated rings. The average molecular weight is 241 g/mol. The number of rotatable bonds is 6. The van der Waals surface area contributed by atoms with Crippen LogP contribution in [0.4, 0.5) is 0 Å². The first-order valence-corrected chi connectivity index (χ1v) is 6.65. The molecule has 17 heavy (non-hydrogen) atoms. The van der Waals surface area contributed by atoms with Crippen LogP contribution in [0.15, 0.2) is 0 Å². The Morgan fingerprint density at radius 3 is 2.71 bits per heavy atom. The third-order valence-corrected chi connectivity index (χ3v) is 3.37. The van der Waals surface area contributed by atoms with Crippen LogP contribution in [0.3, 0.4) is 0 Å². The molecular weight excluding hydrogens is 218 g/mol. The van der Waals surface area contributed by atoms with Gasteiger partial charge in [0.05, 0.1) is 5.92 Å². The molecule has 0 spiro atoms. The quantitative estimate of drug-likeness (QED) is 0.726. The first-order chi connectivity index (χ1) is 8.15. The largest absolute Gasteiger partial charge is 0.481 e. The van der Waals surface area contributed by atoms with E-state index in [9.17, 15) is 9.59 Å². The summed E-state index contributed by atoms with van der Waals surface area (Å²) in [6.45, 7) is 3.28. The van der Waals surface area contributed by atoms with Gasteiger partial charge in [0.15, 0.2) is 0 Å². The predicted molar refractivity (Wildman–Crippen MR) is 65.7 cm³/mol. The molecule has 1 heterocycles. The zero-order valence-corrected chi connectivity index (χ0v) is 10.7. The number of carbonyl (C=O) groups excluding carboxylic acids is 1. The Morgan fingerprint density at radius 1 is 1.29 bits per heavy atom. The normalized spacial score (nSPS) is 20.3. The van der Waals surface area contributed by atoms with Gasteiger partial charge in [-0.25, -0.2) is 0 Å². The van der Waals surface area contributed by atoms with E-state index in [1.54, 1.807) is 4.90 Å². The van der Waals surface area contributed by atoms with E-state index in [0.29, 0.717) is 19.4 Å². The topological polar surface area (TPSA) is 57.6 Å². The minimum atomic E-state index is -0.770. The van der Waals surface area contributed by atoms with Crippen LogP contribution in [-0.4, -0.2) is 35.0 Å². The van der Waals surface area contributed by atoms with E-state index in [4.69, 9.17) is 5.11 Å². The molecule has 98 valence electrons. The summed E-state index contributed by atoms with van der Waals surface area (Å²) in [6.07, 6.45) is 6.46. The van der Waals surface area contributed by atoms with Gasteiger partial charge in [-0.05, 0) is 19.3 Å². The standard InChI is InChI=1S/C13H23NO3/c1-2-3-4-5-8-12(15)14-9-6-7-11(10-14)13(16)17/h11H,2-10H2,1H3,(H,16,17). The number of likely N-dealkylation sites (tertiary alicyclic amines) is 1. The molecule has 1 atom stereocenters. The van der Waals surface area contributed by atoms with E-state index < -0.39 is 5.97 Å². The van der Waals surface area contributed by atoms with Gasteiger partial charge in [0.1, 0.15) is 0 Å². The predicted octanol–water partition coefficient (Wildman–Crippen LogP) is 2.28. The Balaban J connectivity index is 2.28. The van der Waals surface area contributed by atoms with Crippen molar-refractivity contribution < 1.29 is 14.7 Å². The minimum Gasteiger partial charge on any atom is -0.481 e. The maximum Gasteiger partial charge on any atom is 0.308 e. The number of hydrogen-bond acceptors (Lipinski definition) is 2. The van der Waals surface area contributed by atoms with E-state index in [-0.39, 0.29) is 11.8 Å². The summed E-state index contributed by atoms with van der Waals surface area (Å²) in [5, 5.41) is 8.95. The van der Waals surface area contributed by atoms with Crippen molar-refractivity contribution in [2.45, 2.75) is 51.9 Å². The lowest BCUT2D eigenvalue weighted by molar-refractivity contribution is -0.145. The molecule has 1 aliphatic rings. The maximum atomic E-state index is 11.9. The van der Waals surface area contributed by atoms with Gasteiger partial charge in [-0.3, -0.25) is 9.59 Å². The van der Waals surface area contributed by atoms with Crippen molar-refractivity contribution in [2.75, 3.05) is 13.1 Å². The molecule has 0 saturated carbocycles. The van der Waals surface area contributed by atoms with Gasteiger partial charge in [0, 0.05) is 19.5 Å². The van der Waals surface area contributed by atoms with Gasteiger partial charge in [-0.1, -0.05) is 26.2 Å². The van der Waals surface area contributed by atoms with E-state index in [2.05, 4.69) is 6.92 Å². The molecule has 1 aliphatic heterocycles. The molecule has 4 nitrogen and oxygen atoms in total. The van der Waals surface area contributed by atoms with Gasteiger partial charge in [0.2, 0.25) is 5.91 Å². The van der Waals surface area contributed by atoms with E-state index in [1.807, 2.05) is 0 Å². The van der Waals surface area contributed by atoms with Crippen LogP contribution in [0.1, 0.15) is 51.9 Å². The lowest BCUT2D eigenvalue weighted by atomic mass is 9.98. The summed E-state index contributed by atoms with van der Waals surface area (Å²) >= 11 is 0. The highest BCUT2D eigenvalue weighted by Crippen LogP contribution is 2.18. The van der Waals surface area contributed by atoms with Crippen molar-refractivity contribution in [1.29, 1.82) is 0 Å². The highest BCUT2D eigenvalue weighted by atomic mass is 16.4. The molecule has 1 amide bonds. The van der Waals surface area contributed by atoms with Gasteiger partial charge < -0.3 is 10.0 Å². The Labute approximate surface area is 103 Å². The molecule has 0 aliphatic carbocycles. The van der Waals surface area contributed by atoms with Crippen LogP contribution in [0, 0.1) is 5.92 Å². The van der Waals surface area contributed by atoms with Crippen LogP contribution in [0.5, 0.6) is 0 Å². The third-order valence-electron chi connectivity index (χ3n) is 3.37. The fraction of sp³-hybridized carbons (Fsp3) is 0.846. The molecule has 0 aromatic heterocycles. The van der Waals surface area contributed by atoms with Crippen molar-refractivity contribution in [1.82, 2.24) is 4.90 Å². The molecule has 1 saturated heterocycles. The second-order valence-electron chi connectivity index (χ2n) is 4.83. The van der Waals surface area contributed by atoms with Crippen LogP contribution < -0.4 is 0 Å². The number of carboxylic acid groups (broad SMARTS) is 1. The molecular formula is C13H23NO3. The Morgan fingerprint density at radius 2 is 2.06 bits per heavy atom. The Bertz CT molecular complexity index is 265. The number of amides is 1. The molecule has 0 aromatic rings. The van der Waals surface area contributed by atoms with Gasteiger partial charge in [-0.2, -0.15) is 0 Å². The second kappa shape index (κ2) is 7.30. The smallest absolute Gasteiger partial charge is 0.308 e. The van der Waals surface area contributed by atoms with Gasteiger partial charge in [-0.15, -0.1) is 0 Å². The number of piperidine rings is 1. The summed E-state index contributed by atoms with van der Waals surface area (Å²) in [6, 6.07) is 0. The monoisotopic (exact) mass is 241 g/mol. The first kappa shape index (κ1) is 14.0. The molecule has 0 radical (unpaired) electrons. The van der Waals surface area contributed by atoms with Crippen molar-refractivity contribution in [3.63, 3.8) is 0 Å². The number of carbonyl (C=O) groups is 2. The summed E-state index contributed by atoms with van der Waals surface area (Å²) in [5.74, 6) is -0.996. The Hall–Kier alpha value is -1.06. The molecule has 1 unspecified atom stereocenters. The summed E-state index contributed by atoms with van der Waals surface area (Å²) < 4.78 is 0. The lowest BCUT2D eigenvalue weighted by Crippen LogP contribution is -2.42. The van der Waals surface area contributed by atoms with Crippen LogP contribution in [0.25, 0.3) is 0 Å². The second-order valence-corrected chi connectivity index (χ2v) is 4.83. The molecule has 0 aromatic carbocycles. The van der Waals surface area contributed by atoms with Crippen molar-refractivity contribution >= 4 is 11.9 Å². The lowest BCUT2D eigenvalue weighted by Gasteiger charge is -2.30. The van der Waals surface area contributed by atoms with E-state index >= 15 is 0 Å². The van der Waals surface area contributed by atoms with Crippen LogP contribution in [-0.2, 0) is 9.59 Å². The van der Waals surface area contributed by atoms with Crippen molar-refractivity contribution in [3.05, 3.63) is 0 Å². The van der Waals surface area contributed by atoms with Crippen LogP contribution in [0.2, 0.25) is 0 Å². The minimum absolute atomic E-state index is 0.132. The number of aliphatic carboxylic acids is 1. The Kier molecular flexibility index (Phi) is 6.01. The fourth-order valence-corrected chi connectivity index (χ4v) is 2.27. The van der Waals surface area contributed by atoms with Crippen LogP contribution >= 0.6 is 0 Å². The number of unbranched alkanes of at least 4 members (excludes halogenated alkanes) is 3. The highest BCUT2D eigenvalue weighted by molar-refractivity contribution is 5.78. The highest BCUT2D eigenvalue weighted by Gasteiger charge is 2.27. The van der Waals surface area contributed by atoms with Crippen molar-refractivity contribution in [3.8, 4) is 0 Å². The number of nitrogens with zero attached hydrogens (tertiary/aromatic N) is 1. The van der Waals surface area contributed by atoms with E-state index in [0.717, 1.165) is 25.8 Å². The summed E-state index contributed by atoms with van der Waals surface area (Å²) in [7, 11) is 0. The van der Waals surface area contributed by atoms with Gasteiger partial charge in [0.25, 0.3) is 0 Å². The summed E-state index contributed by atoms with van der Waals surface area (Å²) in [4.78, 5) is 24.5. The third kappa shape index (κ3) is 4.75. The average Bonchev–Trinajstić information content (AvgIpc) is 2.34. The zero-order chi connectivity index (χ0) is 12.7. The molecule has 1 N–H and O–H groups in total. The number of carboxylic acids is 1. The molecule has 0 bridgehead atoms. The molecule has 4 heteroatoms. The van der Waals surface area contributed by atoms with E-state index in [1.165, 1.54) is 12.8 Å². The molecule has 1 rings (SSSR count). The first-order valence-electron chi connectivity index (χ1n) is 6.65. The zero-order valence-electron chi connectivity index (χ0n) is 10.7. The number of hydrogen-bond donors (Lipinski definition) is 1. The van der Waals surface area contributed by atoms with Gasteiger partial charge >= 0.3 is 5.97 Å². The fourth-order valence-electron chi connectivity index (χ4n) is 2.27. The SMILES string of the molecule is CCCCCCC(=O)N1CCCC(C(=O)O)C1. The van der Waals surface area contributed by atoms with Crippen molar-refractivity contribution in [2.24, 2.45) is 5.92 Å².